The predicted molar refractivity (Wildman–Crippen MR) is 72.8 cm³/mol. The highest BCUT2D eigenvalue weighted by Crippen LogP contribution is 2.25. The molecule has 0 saturated carbocycles. The second kappa shape index (κ2) is 4.72. The largest absolute Gasteiger partial charge is 0.356 e. The first kappa shape index (κ1) is 11.7. The van der Waals surface area contributed by atoms with Crippen LogP contribution in [-0.4, -0.2) is 42.2 Å². The number of nitrogens with zero attached hydrogens (tertiary/aromatic N) is 4. The molecule has 3 rings (SSSR count). The van der Waals surface area contributed by atoms with Gasteiger partial charge in [0.1, 0.15) is 18.0 Å². The number of hydrogen-bond acceptors (Lipinski definition) is 5. The first-order chi connectivity index (χ1) is 8.72. The minimum Gasteiger partial charge on any atom is -0.356 e. The summed E-state index contributed by atoms with van der Waals surface area (Å²) in [4.78, 5) is 13.3. The van der Waals surface area contributed by atoms with Gasteiger partial charge in [-0.2, -0.15) is 0 Å². The number of hydrogen-bond donors (Lipinski definition) is 1. The highest BCUT2D eigenvalue weighted by molar-refractivity contribution is 5.52. The molecule has 0 spiro atoms. The molecule has 3 heterocycles. The zero-order valence-corrected chi connectivity index (χ0v) is 10.9. The normalized spacial score (nSPS) is 22.1. The molecular formula is C13H21N5. The Morgan fingerprint density at radius 2 is 1.72 bits per heavy atom. The van der Waals surface area contributed by atoms with Crippen LogP contribution in [0, 0.1) is 5.92 Å². The molecule has 98 valence electrons. The smallest absolute Gasteiger partial charge is 0.134 e. The summed E-state index contributed by atoms with van der Waals surface area (Å²) in [6.07, 6.45) is 4.19. The Labute approximate surface area is 108 Å². The van der Waals surface area contributed by atoms with Crippen molar-refractivity contribution in [3.8, 4) is 0 Å². The lowest BCUT2D eigenvalue weighted by Crippen LogP contribution is -2.56. The standard InChI is InChI=1S/C13H21N5/c1-10-2-4-17(5-3-10)12-6-13(16-9-15-12)18-7-11(14)8-18/h6,9-11H,2-5,7-8,14H2,1H3. The van der Waals surface area contributed by atoms with Crippen LogP contribution in [0.1, 0.15) is 19.8 Å². The summed E-state index contributed by atoms with van der Waals surface area (Å²) < 4.78 is 0. The summed E-state index contributed by atoms with van der Waals surface area (Å²) in [5.74, 6) is 2.92. The molecule has 2 saturated heterocycles. The molecule has 2 aliphatic heterocycles. The third-order valence-electron chi connectivity index (χ3n) is 3.98. The molecule has 5 nitrogen and oxygen atoms in total. The van der Waals surface area contributed by atoms with E-state index in [-0.39, 0.29) is 0 Å². The second-order valence-electron chi connectivity index (χ2n) is 5.57. The minimum atomic E-state index is 0.305. The van der Waals surface area contributed by atoms with Gasteiger partial charge in [0.05, 0.1) is 0 Å². The van der Waals surface area contributed by atoms with Gasteiger partial charge in [0, 0.05) is 38.3 Å². The van der Waals surface area contributed by atoms with E-state index >= 15 is 0 Å². The molecular weight excluding hydrogens is 226 g/mol. The Hall–Kier alpha value is -1.36. The Balaban J connectivity index is 1.71. The molecule has 2 N–H and O–H groups in total. The number of aromatic nitrogens is 2. The summed E-state index contributed by atoms with van der Waals surface area (Å²) >= 11 is 0. The molecule has 2 fully saturated rings. The van der Waals surface area contributed by atoms with Crippen LogP contribution in [0.25, 0.3) is 0 Å². The van der Waals surface area contributed by atoms with E-state index in [0.29, 0.717) is 6.04 Å². The van der Waals surface area contributed by atoms with Crippen LogP contribution in [0.3, 0.4) is 0 Å². The first-order valence-corrected chi connectivity index (χ1v) is 6.80. The van der Waals surface area contributed by atoms with Crippen LogP contribution < -0.4 is 15.5 Å². The molecule has 1 aromatic rings. The van der Waals surface area contributed by atoms with Gasteiger partial charge in [-0.05, 0) is 18.8 Å². The summed E-state index contributed by atoms with van der Waals surface area (Å²) in [6.45, 7) is 6.36. The minimum absolute atomic E-state index is 0.305. The average Bonchev–Trinajstić information content (AvgIpc) is 2.36. The van der Waals surface area contributed by atoms with Crippen molar-refractivity contribution in [2.75, 3.05) is 36.0 Å². The average molecular weight is 247 g/mol. The Morgan fingerprint density at radius 1 is 1.11 bits per heavy atom. The summed E-state index contributed by atoms with van der Waals surface area (Å²) in [5, 5.41) is 0. The van der Waals surface area contributed by atoms with E-state index in [2.05, 4.69) is 32.8 Å². The van der Waals surface area contributed by atoms with Gasteiger partial charge in [0.25, 0.3) is 0 Å². The lowest BCUT2D eigenvalue weighted by Gasteiger charge is -2.38. The lowest BCUT2D eigenvalue weighted by atomic mass is 9.99. The number of piperidine rings is 1. The molecule has 0 unspecified atom stereocenters. The van der Waals surface area contributed by atoms with Crippen LogP contribution >= 0.6 is 0 Å². The van der Waals surface area contributed by atoms with Gasteiger partial charge >= 0.3 is 0 Å². The first-order valence-electron chi connectivity index (χ1n) is 6.80. The van der Waals surface area contributed by atoms with E-state index in [0.717, 1.165) is 43.7 Å². The summed E-state index contributed by atoms with van der Waals surface area (Å²) in [7, 11) is 0. The van der Waals surface area contributed by atoms with Crippen molar-refractivity contribution in [3.05, 3.63) is 12.4 Å². The van der Waals surface area contributed by atoms with Crippen molar-refractivity contribution in [1.82, 2.24) is 9.97 Å². The van der Waals surface area contributed by atoms with Gasteiger partial charge in [-0.25, -0.2) is 9.97 Å². The van der Waals surface area contributed by atoms with Crippen LogP contribution in [-0.2, 0) is 0 Å². The third kappa shape index (κ3) is 2.27. The molecule has 0 bridgehead atoms. The van der Waals surface area contributed by atoms with Crippen molar-refractivity contribution in [3.63, 3.8) is 0 Å². The van der Waals surface area contributed by atoms with Gasteiger partial charge < -0.3 is 15.5 Å². The van der Waals surface area contributed by atoms with E-state index in [4.69, 9.17) is 5.73 Å². The lowest BCUT2D eigenvalue weighted by molar-refractivity contribution is 0.436. The number of rotatable bonds is 2. The molecule has 0 radical (unpaired) electrons. The molecule has 5 heteroatoms. The van der Waals surface area contributed by atoms with E-state index in [1.54, 1.807) is 6.33 Å². The van der Waals surface area contributed by atoms with Gasteiger partial charge in [-0.3, -0.25) is 0 Å². The summed E-state index contributed by atoms with van der Waals surface area (Å²) in [6, 6.07) is 2.40. The molecule has 1 aromatic heterocycles. The molecule has 0 amide bonds. The topological polar surface area (TPSA) is 58.3 Å². The van der Waals surface area contributed by atoms with Crippen molar-refractivity contribution in [1.29, 1.82) is 0 Å². The third-order valence-corrected chi connectivity index (χ3v) is 3.98. The van der Waals surface area contributed by atoms with Crippen LogP contribution in [0.2, 0.25) is 0 Å². The zero-order chi connectivity index (χ0) is 12.5. The fourth-order valence-electron chi connectivity index (χ4n) is 2.62. The van der Waals surface area contributed by atoms with Crippen molar-refractivity contribution < 1.29 is 0 Å². The number of anilines is 2. The maximum Gasteiger partial charge on any atom is 0.134 e. The number of nitrogens with two attached hydrogens (primary N) is 1. The highest BCUT2D eigenvalue weighted by atomic mass is 15.3. The SMILES string of the molecule is CC1CCN(c2cc(N3CC(N)C3)ncn2)CC1. The zero-order valence-electron chi connectivity index (χ0n) is 10.9. The van der Waals surface area contributed by atoms with Gasteiger partial charge in [-0.1, -0.05) is 6.92 Å². The van der Waals surface area contributed by atoms with E-state index in [1.165, 1.54) is 12.8 Å². The maximum atomic E-state index is 5.81. The van der Waals surface area contributed by atoms with E-state index in [9.17, 15) is 0 Å². The van der Waals surface area contributed by atoms with Crippen molar-refractivity contribution in [2.24, 2.45) is 11.7 Å². The molecule has 2 aliphatic rings. The van der Waals surface area contributed by atoms with Crippen molar-refractivity contribution >= 4 is 11.6 Å². The summed E-state index contributed by atoms with van der Waals surface area (Å²) in [5.41, 5.74) is 5.81. The Morgan fingerprint density at radius 3 is 2.33 bits per heavy atom. The Kier molecular flexibility index (Phi) is 3.07. The fourth-order valence-corrected chi connectivity index (χ4v) is 2.62. The van der Waals surface area contributed by atoms with Crippen LogP contribution in [0.15, 0.2) is 12.4 Å². The molecule has 0 atom stereocenters. The van der Waals surface area contributed by atoms with Crippen molar-refractivity contribution in [2.45, 2.75) is 25.8 Å². The van der Waals surface area contributed by atoms with E-state index < -0.39 is 0 Å². The molecule has 0 aromatic carbocycles. The monoisotopic (exact) mass is 247 g/mol. The fraction of sp³-hybridized carbons (Fsp3) is 0.692. The molecule has 18 heavy (non-hydrogen) atoms. The van der Waals surface area contributed by atoms with Crippen LogP contribution in [0.4, 0.5) is 11.6 Å². The van der Waals surface area contributed by atoms with Gasteiger partial charge in [0.15, 0.2) is 0 Å². The maximum absolute atomic E-state index is 5.81. The highest BCUT2D eigenvalue weighted by Gasteiger charge is 2.25. The Bertz CT molecular complexity index is 408. The van der Waals surface area contributed by atoms with Gasteiger partial charge in [0.2, 0.25) is 0 Å². The molecule has 0 aliphatic carbocycles. The van der Waals surface area contributed by atoms with Gasteiger partial charge in [-0.15, -0.1) is 0 Å². The predicted octanol–water partition coefficient (Wildman–Crippen LogP) is 0.860. The quantitative estimate of drug-likeness (QED) is 0.840. The van der Waals surface area contributed by atoms with Crippen LogP contribution in [0.5, 0.6) is 0 Å². The van der Waals surface area contributed by atoms with E-state index in [1.807, 2.05) is 0 Å². The second-order valence-corrected chi connectivity index (χ2v) is 5.57.